The third-order valence-electron chi connectivity index (χ3n) is 1.85. The van der Waals surface area contributed by atoms with Gasteiger partial charge in [0, 0.05) is 24.9 Å². The molecule has 0 unspecified atom stereocenters. The van der Waals surface area contributed by atoms with Crippen molar-refractivity contribution in [2.75, 3.05) is 0 Å². The van der Waals surface area contributed by atoms with Crippen LogP contribution in [0.1, 0.15) is 24.4 Å². The fourth-order valence-corrected chi connectivity index (χ4v) is 1.08. The maximum atomic E-state index is 11.9. The minimum absolute atomic E-state index is 0.102. The lowest BCUT2D eigenvalue weighted by Gasteiger charge is -2.12. The Bertz CT molecular complexity index is 271. The molecular weight excluding hydrogens is 193 g/mol. The summed E-state index contributed by atoms with van der Waals surface area (Å²) in [4.78, 5) is 3.79. The summed E-state index contributed by atoms with van der Waals surface area (Å²) in [6, 6.07) is 2.74. The van der Waals surface area contributed by atoms with Gasteiger partial charge in [0.1, 0.15) is 0 Å². The Morgan fingerprint density at radius 2 is 2.14 bits per heavy atom. The van der Waals surface area contributed by atoms with Gasteiger partial charge in [-0.1, -0.05) is 6.07 Å². The van der Waals surface area contributed by atoms with Gasteiger partial charge in [-0.05, 0) is 18.1 Å². The highest BCUT2D eigenvalue weighted by Crippen LogP contribution is 2.25. The Labute approximate surface area is 79.9 Å². The molecule has 1 heterocycles. The molecule has 0 aliphatic rings. The summed E-state index contributed by atoms with van der Waals surface area (Å²) in [6.07, 6.45) is -2.06. The predicted molar refractivity (Wildman–Crippen MR) is 46.5 cm³/mol. The van der Waals surface area contributed by atoms with E-state index in [1.54, 1.807) is 18.3 Å². The van der Waals surface area contributed by atoms with Gasteiger partial charge in [0.05, 0.1) is 0 Å². The zero-order chi connectivity index (χ0) is 10.6. The van der Waals surface area contributed by atoms with E-state index >= 15 is 0 Å². The molecule has 0 amide bonds. The lowest BCUT2D eigenvalue weighted by Crippen LogP contribution is -2.15. The van der Waals surface area contributed by atoms with Crippen LogP contribution < -0.4 is 5.73 Å². The molecule has 0 radical (unpaired) electrons. The van der Waals surface area contributed by atoms with Crippen LogP contribution in [0.25, 0.3) is 0 Å². The molecule has 0 aliphatic heterocycles. The van der Waals surface area contributed by atoms with Crippen molar-refractivity contribution in [3.8, 4) is 0 Å². The molecule has 2 nitrogen and oxygen atoms in total. The average Bonchev–Trinajstić information content (AvgIpc) is 2.14. The number of halogens is 3. The van der Waals surface area contributed by atoms with Crippen LogP contribution in [0.15, 0.2) is 24.5 Å². The minimum atomic E-state index is -4.14. The Balaban J connectivity index is 2.48. The second kappa shape index (κ2) is 4.41. The maximum Gasteiger partial charge on any atom is 0.389 e. The Morgan fingerprint density at radius 3 is 2.64 bits per heavy atom. The van der Waals surface area contributed by atoms with Gasteiger partial charge in [-0.2, -0.15) is 13.2 Å². The van der Waals surface area contributed by atoms with E-state index < -0.39 is 18.6 Å². The minimum Gasteiger partial charge on any atom is -0.324 e. The number of hydrogen-bond donors (Lipinski definition) is 1. The van der Waals surface area contributed by atoms with Gasteiger partial charge < -0.3 is 5.73 Å². The number of pyridine rings is 1. The fourth-order valence-electron chi connectivity index (χ4n) is 1.08. The lowest BCUT2D eigenvalue weighted by atomic mass is 10.1. The first-order chi connectivity index (χ1) is 6.49. The predicted octanol–water partition coefficient (Wildman–Crippen LogP) is 2.42. The summed E-state index contributed by atoms with van der Waals surface area (Å²) in [7, 11) is 0. The standard InChI is InChI=1S/C9H11F3N2/c10-9(11,12)4-3-8(13)7-2-1-5-14-6-7/h1-2,5-6,8H,3-4,13H2/t8-/m1/s1. The van der Waals surface area contributed by atoms with Crippen molar-refractivity contribution < 1.29 is 13.2 Å². The Hall–Kier alpha value is -1.10. The van der Waals surface area contributed by atoms with Crippen molar-refractivity contribution in [1.82, 2.24) is 4.98 Å². The van der Waals surface area contributed by atoms with Crippen molar-refractivity contribution in [3.05, 3.63) is 30.1 Å². The van der Waals surface area contributed by atoms with Gasteiger partial charge in [0.25, 0.3) is 0 Å². The van der Waals surface area contributed by atoms with Crippen LogP contribution in [0.3, 0.4) is 0 Å². The van der Waals surface area contributed by atoms with Gasteiger partial charge in [0.2, 0.25) is 0 Å². The van der Waals surface area contributed by atoms with E-state index in [1.807, 2.05) is 0 Å². The van der Waals surface area contributed by atoms with E-state index in [0.29, 0.717) is 5.56 Å². The number of nitrogens with two attached hydrogens (primary N) is 1. The van der Waals surface area contributed by atoms with Gasteiger partial charge in [-0.25, -0.2) is 0 Å². The number of aromatic nitrogens is 1. The summed E-state index contributed by atoms with van der Waals surface area (Å²) in [6.45, 7) is 0. The van der Waals surface area contributed by atoms with Crippen LogP contribution in [-0.2, 0) is 0 Å². The van der Waals surface area contributed by atoms with Crippen LogP contribution in [-0.4, -0.2) is 11.2 Å². The van der Waals surface area contributed by atoms with Crippen molar-refractivity contribution in [2.24, 2.45) is 5.73 Å². The first kappa shape index (κ1) is 11.0. The molecule has 0 saturated carbocycles. The normalized spacial score (nSPS) is 14.0. The molecule has 14 heavy (non-hydrogen) atoms. The smallest absolute Gasteiger partial charge is 0.324 e. The van der Waals surface area contributed by atoms with Crippen LogP contribution >= 0.6 is 0 Å². The van der Waals surface area contributed by atoms with E-state index in [4.69, 9.17) is 5.73 Å². The van der Waals surface area contributed by atoms with Gasteiger partial charge in [-0.3, -0.25) is 4.98 Å². The molecule has 0 fully saturated rings. The molecule has 0 aliphatic carbocycles. The van der Waals surface area contributed by atoms with Crippen molar-refractivity contribution in [3.63, 3.8) is 0 Å². The molecule has 78 valence electrons. The van der Waals surface area contributed by atoms with E-state index in [1.165, 1.54) is 6.20 Å². The molecular formula is C9H11F3N2. The summed E-state index contributed by atoms with van der Waals surface area (Å²) in [5.41, 5.74) is 6.20. The molecule has 2 N–H and O–H groups in total. The third kappa shape index (κ3) is 3.74. The summed E-state index contributed by atoms with van der Waals surface area (Å²) in [5.74, 6) is 0. The van der Waals surface area contributed by atoms with Crippen molar-refractivity contribution in [1.29, 1.82) is 0 Å². The highest BCUT2D eigenvalue weighted by molar-refractivity contribution is 5.12. The summed E-state index contributed by atoms with van der Waals surface area (Å²) < 4.78 is 35.6. The number of hydrogen-bond acceptors (Lipinski definition) is 2. The molecule has 1 atom stereocenters. The SMILES string of the molecule is N[C@H](CCC(F)(F)F)c1cccnc1. The lowest BCUT2D eigenvalue weighted by molar-refractivity contribution is -0.136. The first-order valence-corrected chi connectivity index (χ1v) is 4.21. The number of alkyl halides is 3. The highest BCUT2D eigenvalue weighted by atomic mass is 19.4. The van der Waals surface area contributed by atoms with Crippen LogP contribution in [0.4, 0.5) is 13.2 Å². The average molecular weight is 204 g/mol. The molecule has 1 aromatic heterocycles. The van der Waals surface area contributed by atoms with E-state index in [-0.39, 0.29) is 6.42 Å². The Morgan fingerprint density at radius 1 is 1.43 bits per heavy atom. The highest BCUT2D eigenvalue weighted by Gasteiger charge is 2.27. The van der Waals surface area contributed by atoms with Gasteiger partial charge >= 0.3 is 6.18 Å². The van der Waals surface area contributed by atoms with Gasteiger partial charge in [-0.15, -0.1) is 0 Å². The summed E-state index contributed by atoms with van der Waals surface area (Å²) in [5, 5.41) is 0. The van der Waals surface area contributed by atoms with E-state index in [9.17, 15) is 13.2 Å². The molecule has 1 aromatic rings. The zero-order valence-electron chi connectivity index (χ0n) is 7.46. The zero-order valence-corrected chi connectivity index (χ0v) is 7.46. The molecule has 0 spiro atoms. The molecule has 0 bridgehead atoms. The van der Waals surface area contributed by atoms with E-state index in [0.717, 1.165) is 0 Å². The largest absolute Gasteiger partial charge is 0.389 e. The second-order valence-electron chi connectivity index (χ2n) is 3.05. The number of nitrogens with zero attached hydrogens (tertiary/aromatic N) is 1. The molecule has 0 saturated heterocycles. The first-order valence-electron chi connectivity index (χ1n) is 4.21. The maximum absolute atomic E-state index is 11.9. The summed E-state index contributed by atoms with van der Waals surface area (Å²) >= 11 is 0. The van der Waals surface area contributed by atoms with Crippen LogP contribution in [0, 0.1) is 0 Å². The Kier molecular flexibility index (Phi) is 3.46. The molecule has 0 aromatic carbocycles. The fraction of sp³-hybridized carbons (Fsp3) is 0.444. The van der Waals surface area contributed by atoms with Crippen molar-refractivity contribution >= 4 is 0 Å². The van der Waals surface area contributed by atoms with Crippen molar-refractivity contribution in [2.45, 2.75) is 25.1 Å². The van der Waals surface area contributed by atoms with Crippen LogP contribution in [0.2, 0.25) is 0 Å². The van der Waals surface area contributed by atoms with E-state index in [2.05, 4.69) is 4.98 Å². The molecule has 1 rings (SSSR count). The molecule has 5 heteroatoms. The topological polar surface area (TPSA) is 38.9 Å². The van der Waals surface area contributed by atoms with Gasteiger partial charge in [0.15, 0.2) is 0 Å². The number of rotatable bonds is 3. The monoisotopic (exact) mass is 204 g/mol. The second-order valence-corrected chi connectivity index (χ2v) is 3.05. The quantitative estimate of drug-likeness (QED) is 0.821. The van der Waals surface area contributed by atoms with Crippen LogP contribution in [0.5, 0.6) is 0 Å². The third-order valence-corrected chi connectivity index (χ3v) is 1.85.